The molecule has 0 aromatic rings. The van der Waals surface area contributed by atoms with Gasteiger partial charge in [-0.3, -0.25) is 14.5 Å². The van der Waals surface area contributed by atoms with Gasteiger partial charge in [-0.05, 0) is 13.8 Å². The molecular weight excluding hydrogens is 249 g/mol. The van der Waals surface area contributed by atoms with Gasteiger partial charge < -0.3 is 5.11 Å². The first-order valence-electron chi connectivity index (χ1n) is 6.03. The lowest BCUT2D eigenvalue weighted by molar-refractivity contribution is -0.325. The van der Waals surface area contributed by atoms with Crippen molar-refractivity contribution in [2.45, 2.75) is 25.8 Å². The minimum Gasteiger partial charge on any atom is -0.389 e. The molecule has 1 aliphatic rings. The number of nitrogens with zero attached hydrogens (tertiary/aromatic N) is 2. The molecule has 0 aromatic carbocycles. The van der Waals surface area contributed by atoms with Crippen molar-refractivity contribution in [3.8, 4) is 0 Å². The van der Waals surface area contributed by atoms with Gasteiger partial charge in [0.2, 0.25) is 0 Å². The van der Waals surface area contributed by atoms with E-state index in [2.05, 4.69) is 9.64 Å². The van der Waals surface area contributed by atoms with E-state index in [1.807, 2.05) is 4.90 Å². The molecule has 0 atom stereocenters. The van der Waals surface area contributed by atoms with Crippen molar-refractivity contribution in [3.63, 3.8) is 0 Å². The van der Waals surface area contributed by atoms with Crippen LogP contribution in [0.25, 0.3) is 0 Å². The minimum atomic E-state index is -4.54. The average Bonchev–Trinajstić information content (AvgIpc) is 2.16. The Bertz CT molecular complexity index is 246. The topological polar surface area (TPSA) is 35.9 Å². The monoisotopic (exact) mass is 270 g/mol. The highest BCUT2D eigenvalue weighted by Crippen LogP contribution is 2.16. The normalized spacial score (nSPS) is 20.3. The number of ether oxygens (including phenoxy) is 1. The van der Waals surface area contributed by atoms with E-state index in [-0.39, 0.29) is 13.2 Å². The summed E-state index contributed by atoms with van der Waals surface area (Å²) in [6, 6.07) is 0. The van der Waals surface area contributed by atoms with Gasteiger partial charge in [-0.25, -0.2) is 0 Å². The van der Waals surface area contributed by atoms with E-state index in [4.69, 9.17) is 0 Å². The Morgan fingerprint density at radius 3 is 2.00 bits per heavy atom. The van der Waals surface area contributed by atoms with Crippen molar-refractivity contribution in [3.05, 3.63) is 0 Å². The Hall–Kier alpha value is -0.370. The Labute approximate surface area is 105 Å². The highest BCUT2D eigenvalue weighted by Gasteiger charge is 2.29. The third-order valence-corrected chi connectivity index (χ3v) is 2.75. The van der Waals surface area contributed by atoms with E-state index in [9.17, 15) is 18.3 Å². The number of piperazine rings is 1. The fraction of sp³-hybridized carbons (Fsp3) is 1.00. The lowest BCUT2D eigenvalue weighted by Gasteiger charge is -2.37. The standard InChI is InChI=1S/C11H21F3N2O2/c1-10(2,17)9-16-5-3-15(4-6-16)7-8-18-11(12,13)14/h17H,3-9H2,1-2H3. The van der Waals surface area contributed by atoms with Gasteiger partial charge in [-0.1, -0.05) is 0 Å². The maximum atomic E-state index is 11.8. The molecule has 0 unspecified atom stereocenters. The second-order valence-electron chi connectivity index (χ2n) is 5.22. The van der Waals surface area contributed by atoms with Gasteiger partial charge >= 0.3 is 6.36 Å². The van der Waals surface area contributed by atoms with Crippen LogP contribution in [0.5, 0.6) is 0 Å². The van der Waals surface area contributed by atoms with Gasteiger partial charge in [0.1, 0.15) is 0 Å². The van der Waals surface area contributed by atoms with E-state index in [0.717, 1.165) is 13.1 Å². The first-order valence-corrected chi connectivity index (χ1v) is 6.03. The molecule has 0 spiro atoms. The molecule has 18 heavy (non-hydrogen) atoms. The third-order valence-electron chi connectivity index (χ3n) is 2.75. The Kier molecular flexibility index (Phi) is 5.39. The van der Waals surface area contributed by atoms with Crippen molar-refractivity contribution in [1.29, 1.82) is 0 Å². The zero-order valence-corrected chi connectivity index (χ0v) is 10.8. The predicted molar refractivity (Wildman–Crippen MR) is 61.2 cm³/mol. The van der Waals surface area contributed by atoms with Crippen LogP contribution >= 0.6 is 0 Å². The zero-order valence-electron chi connectivity index (χ0n) is 10.8. The highest BCUT2D eigenvalue weighted by atomic mass is 19.4. The first-order chi connectivity index (χ1) is 8.16. The molecule has 0 aromatic heterocycles. The van der Waals surface area contributed by atoms with Crippen LogP contribution < -0.4 is 0 Å². The summed E-state index contributed by atoms with van der Waals surface area (Å²) in [5.41, 5.74) is -0.735. The quantitative estimate of drug-likeness (QED) is 0.805. The van der Waals surface area contributed by atoms with E-state index < -0.39 is 12.0 Å². The highest BCUT2D eigenvalue weighted by molar-refractivity contribution is 4.77. The number of rotatable bonds is 5. The zero-order chi connectivity index (χ0) is 13.8. The maximum absolute atomic E-state index is 11.8. The molecule has 1 N–H and O–H groups in total. The van der Waals surface area contributed by atoms with Crippen molar-refractivity contribution in [2.75, 3.05) is 45.9 Å². The average molecular weight is 270 g/mol. The molecule has 1 saturated heterocycles. The third kappa shape index (κ3) is 7.15. The molecule has 108 valence electrons. The lowest BCUT2D eigenvalue weighted by atomic mass is 10.1. The number of halogens is 3. The van der Waals surface area contributed by atoms with E-state index in [1.165, 1.54) is 0 Å². The van der Waals surface area contributed by atoms with Gasteiger partial charge in [0.15, 0.2) is 0 Å². The molecule has 1 heterocycles. The fourth-order valence-corrected chi connectivity index (χ4v) is 2.01. The Balaban J connectivity index is 2.16. The lowest BCUT2D eigenvalue weighted by Crippen LogP contribution is -2.51. The summed E-state index contributed by atoms with van der Waals surface area (Å²) in [5, 5.41) is 9.67. The smallest absolute Gasteiger partial charge is 0.389 e. The van der Waals surface area contributed by atoms with Crippen LogP contribution in [0.4, 0.5) is 13.2 Å². The number of hydrogen-bond acceptors (Lipinski definition) is 4. The molecule has 0 radical (unpaired) electrons. The van der Waals surface area contributed by atoms with Crippen LogP contribution in [-0.4, -0.2) is 72.7 Å². The summed E-state index contributed by atoms with van der Waals surface area (Å²) in [4.78, 5) is 4.05. The molecular formula is C11H21F3N2O2. The van der Waals surface area contributed by atoms with Gasteiger partial charge in [-0.2, -0.15) is 0 Å². The van der Waals surface area contributed by atoms with Gasteiger partial charge in [0.25, 0.3) is 0 Å². The van der Waals surface area contributed by atoms with E-state index in [0.29, 0.717) is 19.6 Å². The van der Waals surface area contributed by atoms with Crippen molar-refractivity contribution in [1.82, 2.24) is 9.80 Å². The molecule has 0 bridgehead atoms. The predicted octanol–water partition coefficient (Wildman–Crippen LogP) is 0.911. The maximum Gasteiger partial charge on any atom is 0.522 e. The minimum absolute atomic E-state index is 0.288. The SMILES string of the molecule is CC(C)(O)CN1CCN(CCOC(F)(F)F)CC1. The van der Waals surface area contributed by atoms with Crippen molar-refractivity contribution in [2.24, 2.45) is 0 Å². The second kappa shape index (κ2) is 6.18. The van der Waals surface area contributed by atoms with Crippen LogP contribution in [0.3, 0.4) is 0 Å². The molecule has 1 rings (SSSR count). The molecule has 1 fully saturated rings. The second-order valence-corrected chi connectivity index (χ2v) is 5.22. The van der Waals surface area contributed by atoms with Crippen LogP contribution in [0.1, 0.15) is 13.8 Å². The Morgan fingerprint density at radius 1 is 1.06 bits per heavy atom. The summed E-state index contributed by atoms with van der Waals surface area (Å²) < 4.78 is 39.1. The molecule has 4 nitrogen and oxygen atoms in total. The van der Waals surface area contributed by atoms with Crippen molar-refractivity contribution < 1.29 is 23.0 Å². The Morgan fingerprint density at radius 2 is 1.56 bits per heavy atom. The molecule has 0 amide bonds. The fourth-order valence-electron chi connectivity index (χ4n) is 2.01. The summed E-state index contributed by atoms with van der Waals surface area (Å²) in [6.07, 6.45) is -4.54. The van der Waals surface area contributed by atoms with E-state index in [1.54, 1.807) is 13.8 Å². The summed E-state index contributed by atoms with van der Waals surface area (Å²) in [7, 11) is 0. The van der Waals surface area contributed by atoms with Gasteiger partial charge in [0.05, 0.1) is 12.2 Å². The largest absolute Gasteiger partial charge is 0.522 e. The van der Waals surface area contributed by atoms with E-state index >= 15 is 0 Å². The number of aliphatic hydroxyl groups is 1. The number of hydrogen-bond donors (Lipinski definition) is 1. The van der Waals surface area contributed by atoms with Crippen LogP contribution in [0.2, 0.25) is 0 Å². The summed E-state index contributed by atoms with van der Waals surface area (Å²) in [5.74, 6) is 0. The van der Waals surface area contributed by atoms with Crippen LogP contribution in [-0.2, 0) is 4.74 Å². The summed E-state index contributed by atoms with van der Waals surface area (Å²) in [6.45, 7) is 6.97. The number of β-amino-alcohol motifs (C(OH)–C–C–N with tert-alkyl or cyclic N) is 1. The first kappa shape index (κ1) is 15.7. The summed E-state index contributed by atoms with van der Waals surface area (Å²) >= 11 is 0. The molecule has 0 aliphatic carbocycles. The van der Waals surface area contributed by atoms with Crippen molar-refractivity contribution >= 4 is 0 Å². The molecule has 7 heteroatoms. The van der Waals surface area contributed by atoms with Gasteiger partial charge in [-0.15, -0.1) is 13.2 Å². The molecule has 0 saturated carbocycles. The van der Waals surface area contributed by atoms with Crippen LogP contribution in [0, 0.1) is 0 Å². The van der Waals surface area contributed by atoms with Crippen LogP contribution in [0.15, 0.2) is 0 Å². The molecule has 1 aliphatic heterocycles. The number of alkyl halides is 3. The van der Waals surface area contributed by atoms with Gasteiger partial charge in [0, 0.05) is 39.3 Å².